The number of hydrogen-bond donors (Lipinski definition) is 1. The van der Waals surface area contributed by atoms with E-state index in [0.717, 1.165) is 0 Å². The summed E-state index contributed by atoms with van der Waals surface area (Å²) in [7, 11) is 1.29. The number of primary amides is 1. The summed E-state index contributed by atoms with van der Waals surface area (Å²) in [6.45, 7) is 1.53. The van der Waals surface area contributed by atoms with Crippen molar-refractivity contribution < 1.29 is 19.1 Å². The topological polar surface area (TPSA) is 78.6 Å². The smallest absolute Gasteiger partial charge is 0.337 e. The van der Waals surface area contributed by atoms with Crippen LogP contribution < -0.4 is 10.5 Å². The van der Waals surface area contributed by atoms with Gasteiger partial charge in [-0.3, -0.25) is 4.79 Å². The summed E-state index contributed by atoms with van der Waals surface area (Å²) >= 11 is 0. The van der Waals surface area contributed by atoms with E-state index in [9.17, 15) is 9.59 Å². The molecular weight excluding hydrogens is 210 g/mol. The molecule has 0 fully saturated rings. The largest absolute Gasteiger partial charge is 0.481 e. The zero-order valence-electron chi connectivity index (χ0n) is 9.10. The molecule has 0 aliphatic carbocycles. The fourth-order valence-electron chi connectivity index (χ4n) is 1.08. The lowest BCUT2D eigenvalue weighted by Crippen LogP contribution is -2.30. The molecule has 86 valence electrons. The molecule has 5 heteroatoms. The lowest BCUT2D eigenvalue weighted by Gasteiger charge is -2.11. The summed E-state index contributed by atoms with van der Waals surface area (Å²) in [5.74, 6) is -0.630. The van der Waals surface area contributed by atoms with Gasteiger partial charge < -0.3 is 15.2 Å². The van der Waals surface area contributed by atoms with Crippen LogP contribution in [0.2, 0.25) is 0 Å². The first-order valence-electron chi connectivity index (χ1n) is 4.69. The highest BCUT2D eigenvalue weighted by atomic mass is 16.5. The summed E-state index contributed by atoms with van der Waals surface area (Å²) in [4.78, 5) is 22.0. The van der Waals surface area contributed by atoms with E-state index in [4.69, 9.17) is 10.5 Å². The number of carbonyl (C=O) groups excluding carboxylic acids is 2. The molecule has 1 atom stereocenters. The third-order valence-electron chi connectivity index (χ3n) is 1.97. The van der Waals surface area contributed by atoms with Crippen molar-refractivity contribution in [1.29, 1.82) is 0 Å². The molecule has 0 spiro atoms. The fraction of sp³-hybridized carbons (Fsp3) is 0.273. The van der Waals surface area contributed by atoms with Crippen LogP contribution in [0.25, 0.3) is 0 Å². The molecule has 0 saturated carbocycles. The third-order valence-corrected chi connectivity index (χ3v) is 1.97. The number of methoxy groups -OCH3 is 1. The number of esters is 1. The number of benzene rings is 1. The van der Waals surface area contributed by atoms with Crippen LogP contribution in [0.15, 0.2) is 24.3 Å². The van der Waals surface area contributed by atoms with E-state index in [2.05, 4.69) is 4.74 Å². The summed E-state index contributed by atoms with van der Waals surface area (Å²) in [5.41, 5.74) is 5.41. The maximum Gasteiger partial charge on any atom is 0.337 e. The van der Waals surface area contributed by atoms with Crippen molar-refractivity contribution in [2.45, 2.75) is 13.0 Å². The minimum absolute atomic E-state index is 0.358. The lowest BCUT2D eigenvalue weighted by molar-refractivity contribution is -0.123. The monoisotopic (exact) mass is 223 g/mol. The molecule has 0 unspecified atom stereocenters. The molecule has 0 radical (unpaired) electrons. The maximum absolute atomic E-state index is 11.2. The van der Waals surface area contributed by atoms with Crippen molar-refractivity contribution in [2.75, 3.05) is 7.11 Å². The number of rotatable bonds is 4. The zero-order chi connectivity index (χ0) is 12.1. The first kappa shape index (κ1) is 12.0. The Labute approximate surface area is 93.1 Å². The van der Waals surface area contributed by atoms with E-state index in [1.54, 1.807) is 18.2 Å². The van der Waals surface area contributed by atoms with Crippen LogP contribution in [-0.2, 0) is 9.53 Å². The van der Waals surface area contributed by atoms with Crippen molar-refractivity contribution in [3.8, 4) is 5.75 Å². The van der Waals surface area contributed by atoms with Crippen molar-refractivity contribution >= 4 is 11.9 Å². The summed E-state index contributed by atoms with van der Waals surface area (Å²) in [6.07, 6.45) is -0.743. The third kappa shape index (κ3) is 2.98. The Balaban J connectivity index is 2.82. The Morgan fingerprint density at radius 3 is 2.62 bits per heavy atom. The van der Waals surface area contributed by atoms with E-state index in [1.807, 2.05) is 0 Å². The van der Waals surface area contributed by atoms with Gasteiger partial charge in [-0.1, -0.05) is 6.07 Å². The summed E-state index contributed by atoms with van der Waals surface area (Å²) in [6, 6.07) is 6.35. The van der Waals surface area contributed by atoms with Crippen LogP contribution in [0.5, 0.6) is 5.75 Å². The van der Waals surface area contributed by atoms with Gasteiger partial charge in [0.15, 0.2) is 6.10 Å². The molecule has 0 saturated heterocycles. The Hall–Kier alpha value is -2.04. The molecule has 2 N–H and O–H groups in total. The minimum atomic E-state index is -0.743. The molecule has 0 bridgehead atoms. The highest BCUT2D eigenvalue weighted by Crippen LogP contribution is 2.15. The maximum atomic E-state index is 11.2. The van der Waals surface area contributed by atoms with Gasteiger partial charge in [-0.05, 0) is 25.1 Å². The number of hydrogen-bond acceptors (Lipinski definition) is 4. The predicted octanol–water partition coefficient (Wildman–Crippen LogP) is 0.726. The second-order valence-corrected chi connectivity index (χ2v) is 3.18. The highest BCUT2D eigenvalue weighted by molar-refractivity contribution is 5.89. The van der Waals surface area contributed by atoms with Gasteiger partial charge in [0.25, 0.3) is 5.91 Å². The average Bonchev–Trinajstić information content (AvgIpc) is 2.28. The Bertz CT molecular complexity index is 403. The first-order valence-corrected chi connectivity index (χ1v) is 4.69. The number of amides is 1. The summed E-state index contributed by atoms with van der Waals surface area (Å²) < 4.78 is 9.79. The number of ether oxygens (including phenoxy) is 2. The van der Waals surface area contributed by atoms with Crippen LogP contribution in [-0.4, -0.2) is 25.1 Å². The number of nitrogens with two attached hydrogens (primary N) is 1. The molecule has 0 heterocycles. The van der Waals surface area contributed by atoms with Gasteiger partial charge in [-0.15, -0.1) is 0 Å². The van der Waals surface area contributed by atoms with Crippen molar-refractivity contribution in [3.05, 3.63) is 29.8 Å². The standard InChI is InChI=1S/C11H13NO4/c1-7(10(12)13)16-9-5-3-4-8(6-9)11(14)15-2/h3-7H,1-2H3,(H2,12,13)/t7-/m0/s1. The van der Waals surface area contributed by atoms with E-state index >= 15 is 0 Å². The Kier molecular flexibility index (Phi) is 3.88. The van der Waals surface area contributed by atoms with E-state index in [-0.39, 0.29) is 0 Å². The van der Waals surface area contributed by atoms with E-state index in [0.29, 0.717) is 11.3 Å². The van der Waals surface area contributed by atoms with Crippen molar-refractivity contribution in [2.24, 2.45) is 5.73 Å². The molecule has 0 aromatic heterocycles. The first-order chi connectivity index (χ1) is 7.54. The lowest BCUT2D eigenvalue weighted by atomic mass is 10.2. The average molecular weight is 223 g/mol. The van der Waals surface area contributed by atoms with Gasteiger partial charge in [0.1, 0.15) is 5.75 Å². The molecule has 1 rings (SSSR count). The normalized spacial score (nSPS) is 11.6. The predicted molar refractivity (Wildman–Crippen MR) is 57.1 cm³/mol. The van der Waals surface area contributed by atoms with Crippen LogP contribution in [0, 0.1) is 0 Å². The van der Waals surface area contributed by atoms with Crippen LogP contribution in [0.4, 0.5) is 0 Å². The van der Waals surface area contributed by atoms with Gasteiger partial charge in [0, 0.05) is 0 Å². The molecule has 1 aromatic carbocycles. The van der Waals surface area contributed by atoms with Gasteiger partial charge in [0.2, 0.25) is 0 Å². The van der Waals surface area contributed by atoms with Crippen LogP contribution in [0.3, 0.4) is 0 Å². The highest BCUT2D eigenvalue weighted by Gasteiger charge is 2.12. The Morgan fingerprint density at radius 2 is 2.06 bits per heavy atom. The van der Waals surface area contributed by atoms with Crippen LogP contribution in [0.1, 0.15) is 17.3 Å². The van der Waals surface area contributed by atoms with Gasteiger partial charge in [-0.2, -0.15) is 0 Å². The SMILES string of the molecule is COC(=O)c1cccc(O[C@@H](C)C(N)=O)c1. The fourth-order valence-corrected chi connectivity index (χ4v) is 1.08. The second-order valence-electron chi connectivity index (χ2n) is 3.18. The minimum Gasteiger partial charge on any atom is -0.481 e. The van der Waals surface area contributed by atoms with Crippen molar-refractivity contribution in [3.63, 3.8) is 0 Å². The van der Waals surface area contributed by atoms with Gasteiger partial charge >= 0.3 is 5.97 Å². The quantitative estimate of drug-likeness (QED) is 0.763. The summed E-state index contributed by atoms with van der Waals surface area (Å²) in [5, 5.41) is 0. The Morgan fingerprint density at radius 1 is 1.38 bits per heavy atom. The van der Waals surface area contributed by atoms with Crippen molar-refractivity contribution in [1.82, 2.24) is 0 Å². The van der Waals surface area contributed by atoms with Crippen LogP contribution >= 0.6 is 0 Å². The van der Waals surface area contributed by atoms with Gasteiger partial charge in [-0.25, -0.2) is 4.79 Å². The molecule has 1 aromatic rings. The molecule has 0 aliphatic heterocycles. The van der Waals surface area contributed by atoms with E-state index in [1.165, 1.54) is 20.1 Å². The number of carbonyl (C=O) groups is 2. The molecular formula is C11H13NO4. The molecule has 0 aliphatic rings. The zero-order valence-corrected chi connectivity index (χ0v) is 9.10. The molecule has 5 nitrogen and oxygen atoms in total. The second kappa shape index (κ2) is 5.16. The van der Waals surface area contributed by atoms with E-state index < -0.39 is 18.0 Å². The van der Waals surface area contributed by atoms with Gasteiger partial charge in [0.05, 0.1) is 12.7 Å². The molecule has 16 heavy (non-hydrogen) atoms. The molecule has 1 amide bonds.